The Morgan fingerprint density at radius 2 is 1.84 bits per heavy atom. The van der Waals surface area contributed by atoms with Gasteiger partial charge in [-0.1, -0.05) is 6.92 Å². The van der Waals surface area contributed by atoms with E-state index in [2.05, 4.69) is 5.32 Å². The Bertz CT molecular complexity index is 454. The van der Waals surface area contributed by atoms with Gasteiger partial charge in [0.15, 0.2) is 6.10 Å². The molecule has 0 saturated heterocycles. The Balaban J connectivity index is 2.66. The lowest BCUT2D eigenvalue weighted by atomic mass is 10.2. The number of esters is 1. The third-order valence-electron chi connectivity index (χ3n) is 2.42. The third kappa shape index (κ3) is 4.50. The van der Waals surface area contributed by atoms with Crippen molar-refractivity contribution in [1.82, 2.24) is 5.32 Å². The minimum Gasteiger partial charge on any atom is -0.449 e. The molecule has 0 aromatic heterocycles. The fraction of sp³-hybridized carbons (Fsp3) is 0.385. The topological polar surface area (TPSA) is 107 Å². The molecule has 6 nitrogen and oxygen atoms in total. The fourth-order valence-corrected chi connectivity index (χ4v) is 1.47. The summed E-state index contributed by atoms with van der Waals surface area (Å²) in [5.74, 6) is -0.953. The largest absolute Gasteiger partial charge is 0.449 e. The summed E-state index contributed by atoms with van der Waals surface area (Å²) in [6.45, 7) is 4.00. The van der Waals surface area contributed by atoms with Crippen LogP contribution in [0.5, 0.6) is 0 Å². The van der Waals surface area contributed by atoms with Crippen molar-refractivity contribution in [2.75, 3.05) is 18.0 Å². The van der Waals surface area contributed by atoms with E-state index in [4.69, 9.17) is 16.2 Å². The van der Waals surface area contributed by atoms with Crippen molar-refractivity contribution in [3.8, 4) is 0 Å². The van der Waals surface area contributed by atoms with E-state index in [1.807, 2.05) is 6.92 Å². The average Bonchev–Trinajstić information content (AvgIpc) is 2.34. The van der Waals surface area contributed by atoms with Crippen LogP contribution in [0.4, 0.5) is 11.4 Å². The smallest absolute Gasteiger partial charge is 0.339 e. The number of anilines is 2. The van der Waals surface area contributed by atoms with Gasteiger partial charge in [-0.25, -0.2) is 4.79 Å². The summed E-state index contributed by atoms with van der Waals surface area (Å²) in [6, 6.07) is 4.44. The zero-order valence-electron chi connectivity index (χ0n) is 11.1. The summed E-state index contributed by atoms with van der Waals surface area (Å²) in [5, 5.41) is 2.65. The number of hydrogen-bond acceptors (Lipinski definition) is 5. The molecule has 6 heteroatoms. The molecule has 0 aliphatic rings. The lowest BCUT2D eigenvalue weighted by Gasteiger charge is -2.13. The molecule has 1 atom stereocenters. The molecule has 0 fully saturated rings. The second-order valence-corrected chi connectivity index (χ2v) is 4.23. The van der Waals surface area contributed by atoms with Crippen LogP contribution in [0, 0.1) is 0 Å². The average molecular weight is 265 g/mol. The minimum atomic E-state index is -0.860. The molecule has 0 aliphatic heterocycles. The standard InChI is InChI=1S/C13H19N3O3/c1-3-4-16-12(17)8(2)19-13(18)9-5-10(14)7-11(15)6-9/h5-8H,3-4,14-15H2,1-2H3,(H,16,17). The van der Waals surface area contributed by atoms with Gasteiger partial charge in [0.05, 0.1) is 5.56 Å². The van der Waals surface area contributed by atoms with Gasteiger partial charge < -0.3 is 21.5 Å². The van der Waals surface area contributed by atoms with Crippen molar-refractivity contribution in [2.45, 2.75) is 26.4 Å². The van der Waals surface area contributed by atoms with Crippen molar-refractivity contribution in [2.24, 2.45) is 0 Å². The number of nitrogens with two attached hydrogens (primary N) is 2. The predicted octanol–water partition coefficient (Wildman–Crippen LogP) is 0.922. The number of benzene rings is 1. The van der Waals surface area contributed by atoms with E-state index in [1.54, 1.807) is 0 Å². The molecular formula is C13H19N3O3. The Morgan fingerprint density at radius 3 is 2.37 bits per heavy atom. The van der Waals surface area contributed by atoms with E-state index in [9.17, 15) is 9.59 Å². The number of ether oxygens (including phenoxy) is 1. The Morgan fingerprint density at radius 1 is 1.26 bits per heavy atom. The number of nitrogen functional groups attached to an aromatic ring is 2. The first kappa shape index (κ1) is 14.8. The molecule has 1 unspecified atom stereocenters. The molecule has 0 aliphatic carbocycles. The van der Waals surface area contributed by atoms with Crippen LogP contribution in [0.15, 0.2) is 18.2 Å². The van der Waals surface area contributed by atoms with Crippen LogP contribution in [0.1, 0.15) is 30.6 Å². The van der Waals surface area contributed by atoms with Crippen molar-refractivity contribution < 1.29 is 14.3 Å². The predicted molar refractivity (Wildman–Crippen MR) is 73.4 cm³/mol. The first-order chi connectivity index (χ1) is 8.93. The molecule has 1 aromatic rings. The number of carbonyl (C=O) groups excluding carboxylic acids is 2. The molecule has 1 aromatic carbocycles. The van der Waals surface area contributed by atoms with Gasteiger partial charge >= 0.3 is 5.97 Å². The fourth-order valence-electron chi connectivity index (χ4n) is 1.47. The number of nitrogens with one attached hydrogen (secondary N) is 1. The molecule has 104 valence electrons. The summed E-state index contributed by atoms with van der Waals surface area (Å²) < 4.78 is 5.04. The van der Waals surface area contributed by atoms with Gasteiger partial charge in [-0.15, -0.1) is 0 Å². The maximum Gasteiger partial charge on any atom is 0.339 e. The van der Waals surface area contributed by atoms with E-state index >= 15 is 0 Å². The molecular weight excluding hydrogens is 246 g/mol. The second-order valence-electron chi connectivity index (χ2n) is 4.23. The molecule has 0 spiro atoms. The van der Waals surface area contributed by atoms with Crippen molar-refractivity contribution in [3.05, 3.63) is 23.8 Å². The molecule has 0 heterocycles. The summed E-state index contributed by atoms with van der Waals surface area (Å²) in [4.78, 5) is 23.4. The van der Waals surface area contributed by atoms with Gasteiger partial charge in [-0.3, -0.25) is 4.79 Å². The van der Waals surface area contributed by atoms with Crippen molar-refractivity contribution in [3.63, 3.8) is 0 Å². The number of hydrogen-bond donors (Lipinski definition) is 3. The first-order valence-corrected chi connectivity index (χ1v) is 6.08. The first-order valence-electron chi connectivity index (χ1n) is 6.08. The van der Waals surface area contributed by atoms with Crippen LogP contribution >= 0.6 is 0 Å². The monoisotopic (exact) mass is 265 g/mol. The molecule has 19 heavy (non-hydrogen) atoms. The maximum absolute atomic E-state index is 11.8. The zero-order valence-corrected chi connectivity index (χ0v) is 11.1. The number of amides is 1. The summed E-state index contributed by atoms with van der Waals surface area (Å²) >= 11 is 0. The maximum atomic E-state index is 11.8. The van der Waals surface area contributed by atoms with Crippen LogP contribution < -0.4 is 16.8 Å². The van der Waals surface area contributed by atoms with Crippen molar-refractivity contribution in [1.29, 1.82) is 0 Å². The van der Waals surface area contributed by atoms with Crippen molar-refractivity contribution >= 4 is 23.3 Å². The molecule has 0 radical (unpaired) electrons. The zero-order chi connectivity index (χ0) is 14.4. The highest BCUT2D eigenvalue weighted by molar-refractivity contribution is 5.94. The molecule has 1 rings (SSSR count). The van der Waals surface area contributed by atoms with E-state index < -0.39 is 12.1 Å². The normalized spacial score (nSPS) is 11.7. The number of carbonyl (C=O) groups is 2. The second kappa shape index (κ2) is 6.63. The highest BCUT2D eigenvalue weighted by atomic mass is 16.5. The number of rotatable bonds is 5. The summed E-state index contributed by atoms with van der Waals surface area (Å²) in [5.41, 5.74) is 12.1. The van der Waals surface area contributed by atoms with Gasteiger partial charge in [0.2, 0.25) is 0 Å². The molecule has 5 N–H and O–H groups in total. The Hall–Kier alpha value is -2.24. The van der Waals surface area contributed by atoms with E-state index in [-0.39, 0.29) is 11.5 Å². The summed E-state index contributed by atoms with van der Waals surface area (Å²) in [6.07, 6.45) is -0.0419. The van der Waals surface area contributed by atoms with E-state index in [0.717, 1.165) is 6.42 Å². The third-order valence-corrected chi connectivity index (χ3v) is 2.42. The Kier molecular flexibility index (Phi) is 5.17. The summed E-state index contributed by atoms with van der Waals surface area (Å²) in [7, 11) is 0. The van der Waals surface area contributed by atoms with Crippen LogP contribution in [-0.4, -0.2) is 24.5 Å². The SMILES string of the molecule is CCCNC(=O)C(C)OC(=O)c1cc(N)cc(N)c1. The van der Waals surface area contributed by atoms with Crippen LogP contribution in [-0.2, 0) is 9.53 Å². The molecule has 0 bridgehead atoms. The van der Waals surface area contributed by atoms with E-state index in [0.29, 0.717) is 17.9 Å². The van der Waals surface area contributed by atoms with Gasteiger partial charge in [0.25, 0.3) is 5.91 Å². The minimum absolute atomic E-state index is 0.229. The lowest BCUT2D eigenvalue weighted by Crippen LogP contribution is -2.36. The van der Waals surface area contributed by atoms with Gasteiger partial charge in [0, 0.05) is 17.9 Å². The molecule has 1 amide bonds. The quantitative estimate of drug-likeness (QED) is 0.542. The van der Waals surface area contributed by atoms with Gasteiger partial charge in [-0.2, -0.15) is 0 Å². The highest BCUT2D eigenvalue weighted by Crippen LogP contribution is 2.15. The lowest BCUT2D eigenvalue weighted by molar-refractivity contribution is -0.129. The van der Waals surface area contributed by atoms with E-state index in [1.165, 1.54) is 25.1 Å². The van der Waals surface area contributed by atoms with Crippen LogP contribution in [0.25, 0.3) is 0 Å². The Labute approximate surface area is 112 Å². The van der Waals surface area contributed by atoms with Gasteiger partial charge in [0.1, 0.15) is 0 Å². The van der Waals surface area contributed by atoms with Gasteiger partial charge in [-0.05, 0) is 31.5 Å². The molecule has 0 saturated carbocycles. The van der Waals surface area contributed by atoms with Crippen LogP contribution in [0.3, 0.4) is 0 Å². The highest BCUT2D eigenvalue weighted by Gasteiger charge is 2.18. The van der Waals surface area contributed by atoms with Crippen LogP contribution in [0.2, 0.25) is 0 Å².